The van der Waals surface area contributed by atoms with E-state index < -0.39 is 40.2 Å². The molecule has 214 valence electrons. The Morgan fingerprint density at radius 2 is 1.75 bits per heavy atom. The molecule has 11 heteroatoms. The van der Waals surface area contributed by atoms with Crippen LogP contribution in [-0.4, -0.2) is 51.4 Å². The van der Waals surface area contributed by atoms with Crippen molar-refractivity contribution >= 4 is 43.5 Å². The first-order valence-corrected chi connectivity index (χ1v) is 15.0. The lowest BCUT2D eigenvalue weighted by Gasteiger charge is -2.32. The maximum Gasteiger partial charge on any atom is 0.264 e. The molecule has 0 bridgehead atoms. The van der Waals surface area contributed by atoms with Gasteiger partial charge in [-0.25, -0.2) is 12.8 Å². The number of halogens is 2. The van der Waals surface area contributed by atoms with E-state index in [0.717, 1.165) is 9.87 Å². The highest BCUT2D eigenvalue weighted by molar-refractivity contribution is 9.10. The zero-order chi connectivity index (χ0) is 29.4. The van der Waals surface area contributed by atoms with Crippen LogP contribution in [0, 0.1) is 12.7 Å². The van der Waals surface area contributed by atoms with E-state index in [1.54, 1.807) is 30.3 Å². The molecule has 0 heterocycles. The van der Waals surface area contributed by atoms with Crippen LogP contribution in [0.5, 0.6) is 5.75 Å². The van der Waals surface area contributed by atoms with E-state index in [2.05, 4.69) is 21.2 Å². The SMILES string of the molecule is CCCNC(=O)C(C)N(Cc1ccccc1F)C(=O)CN(c1ccc(C)cc1)S(=O)(=O)c1ccc(OC)c(Br)c1. The number of methoxy groups -OCH3 is 1. The molecule has 0 radical (unpaired) electrons. The predicted molar refractivity (Wildman–Crippen MR) is 156 cm³/mol. The lowest BCUT2D eigenvalue weighted by atomic mass is 10.1. The van der Waals surface area contributed by atoms with Crippen molar-refractivity contribution < 1.29 is 27.1 Å². The number of aryl methyl sites for hydroxylation is 1. The maximum absolute atomic E-state index is 14.6. The Hall–Kier alpha value is -3.44. The van der Waals surface area contributed by atoms with Gasteiger partial charge < -0.3 is 15.0 Å². The van der Waals surface area contributed by atoms with Gasteiger partial charge in [0.25, 0.3) is 10.0 Å². The fraction of sp³-hybridized carbons (Fsp3) is 0.310. The van der Waals surface area contributed by atoms with Gasteiger partial charge in [0, 0.05) is 18.7 Å². The van der Waals surface area contributed by atoms with E-state index in [9.17, 15) is 22.4 Å². The summed E-state index contributed by atoms with van der Waals surface area (Å²) >= 11 is 3.33. The smallest absolute Gasteiger partial charge is 0.264 e. The van der Waals surface area contributed by atoms with Crippen LogP contribution in [0.4, 0.5) is 10.1 Å². The van der Waals surface area contributed by atoms with Crippen molar-refractivity contribution in [3.63, 3.8) is 0 Å². The van der Waals surface area contributed by atoms with Crippen LogP contribution < -0.4 is 14.4 Å². The minimum atomic E-state index is -4.26. The summed E-state index contributed by atoms with van der Waals surface area (Å²) in [6.07, 6.45) is 0.691. The number of sulfonamides is 1. The van der Waals surface area contributed by atoms with Crippen molar-refractivity contribution in [3.8, 4) is 5.75 Å². The normalized spacial score (nSPS) is 11.9. The standard InChI is InChI=1S/C29H33BrFN3O5S/c1-5-16-32-29(36)21(3)33(18-22-8-6-7-9-26(22)31)28(35)19-34(23-12-10-20(2)11-13-23)40(37,38)24-14-15-27(39-4)25(30)17-24/h6-15,17,21H,5,16,18-19H2,1-4H3,(H,32,36). The number of benzene rings is 3. The number of amides is 2. The van der Waals surface area contributed by atoms with Crippen molar-refractivity contribution in [2.75, 3.05) is 24.5 Å². The van der Waals surface area contributed by atoms with Crippen molar-refractivity contribution in [2.24, 2.45) is 0 Å². The van der Waals surface area contributed by atoms with Crippen LogP contribution >= 0.6 is 15.9 Å². The molecule has 1 N–H and O–H groups in total. The second-order valence-corrected chi connectivity index (χ2v) is 11.9. The average Bonchev–Trinajstić information content (AvgIpc) is 2.94. The molecular formula is C29H33BrFN3O5S. The number of hydrogen-bond donors (Lipinski definition) is 1. The zero-order valence-corrected chi connectivity index (χ0v) is 25.3. The molecule has 3 aromatic rings. The number of anilines is 1. The third-order valence-electron chi connectivity index (χ3n) is 6.33. The molecule has 0 aromatic heterocycles. The van der Waals surface area contributed by atoms with Gasteiger partial charge in [-0.05, 0) is 72.6 Å². The summed E-state index contributed by atoms with van der Waals surface area (Å²) in [4.78, 5) is 27.9. The molecule has 0 saturated heterocycles. The lowest BCUT2D eigenvalue weighted by molar-refractivity contribution is -0.139. The molecule has 3 aromatic carbocycles. The number of carbonyl (C=O) groups excluding carboxylic acids is 2. The highest BCUT2D eigenvalue weighted by Crippen LogP contribution is 2.31. The molecule has 1 unspecified atom stereocenters. The van der Waals surface area contributed by atoms with Gasteiger partial charge >= 0.3 is 0 Å². The van der Waals surface area contributed by atoms with E-state index in [4.69, 9.17) is 4.74 Å². The fourth-order valence-electron chi connectivity index (χ4n) is 3.96. The number of nitrogens with zero attached hydrogens (tertiary/aromatic N) is 2. The number of hydrogen-bond acceptors (Lipinski definition) is 5. The summed E-state index contributed by atoms with van der Waals surface area (Å²) in [5, 5.41) is 2.76. The van der Waals surface area contributed by atoms with E-state index >= 15 is 0 Å². The van der Waals surface area contributed by atoms with Gasteiger partial charge in [0.1, 0.15) is 24.2 Å². The fourth-order valence-corrected chi connectivity index (χ4v) is 6.10. The number of nitrogens with one attached hydrogen (secondary N) is 1. The lowest BCUT2D eigenvalue weighted by Crippen LogP contribution is -2.51. The van der Waals surface area contributed by atoms with Crippen LogP contribution in [-0.2, 0) is 26.2 Å². The highest BCUT2D eigenvalue weighted by Gasteiger charge is 2.33. The second-order valence-electron chi connectivity index (χ2n) is 9.22. The monoisotopic (exact) mass is 633 g/mol. The molecular weight excluding hydrogens is 601 g/mol. The molecule has 40 heavy (non-hydrogen) atoms. The van der Waals surface area contributed by atoms with Gasteiger partial charge in [-0.3, -0.25) is 13.9 Å². The van der Waals surface area contributed by atoms with Gasteiger partial charge in [-0.15, -0.1) is 0 Å². The number of ether oxygens (including phenoxy) is 1. The first-order chi connectivity index (χ1) is 19.0. The summed E-state index contributed by atoms with van der Waals surface area (Å²) < 4.78 is 49.1. The number of rotatable bonds is 12. The molecule has 0 spiro atoms. The maximum atomic E-state index is 14.6. The predicted octanol–water partition coefficient (Wildman–Crippen LogP) is 5.04. The third kappa shape index (κ3) is 7.39. The number of carbonyl (C=O) groups is 2. The van der Waals surface area contributed by atoms with Crippen LogP contribution in [0.2, 0.25) is 0 Å². The summed E-state index contributed by atoms with van der Waals surface area (Å²) in [6.45, 7) is 4.86. The second kappa shape index (κ2) is 13.8. The molecule has 0 saturated carbocycles. The van der Waals surface area contributed by atoms with Gasteiger partial charge in [0.05, 0.1) is 22.2 Å². The highest BCUT2D eigenvalue weighted by atomic mass is 79.9. The Labute approximate surface area is 243 Å². The van der Waals surface area contributed by atoms with Crippen molar-refractivity contribution in [2.45, 2.75) is 44.7 Å². The first kappa shape index (κ1) is 31.1. The van der Waals surface area contributed by atoms with Crippen LogP contribution in [0.3, 0.4) is 0 Å². The molecule has 0 aliphatic carbocycles. The van der Waals surface area contributed by atoms with Crippen LogP contribution in [0.15, 0.2) is 76.1 Å². The Balaban J connectivity index is 2.05. The van der Waals surface area contributed by atoms with E-state index in [0.29, 0.717) is 23.2 Å². The van der Waals surface area contributed by atoms with Gasteiger partial charge in [-0.2, -0.15) is 0 Å². The third-order valence-corrected chi connectivity index (χ3v) is 8.72. The van der Waals surface area contributed by atoms with Crippen LogP contribution in [0.1, 0.15) is 31.4 Å². The molecule has 0 fully saturated rings. The molecule has 1 atom stereocenters. The molecule has 3 rings (SSSR count). The van der Waals surface area contributed by atoms with Crippen molar-refractivity contribution in [3.05, 3.63) is 88.1 Å². The van der Waals surface area contributed by atoms with Gasteiger partial charge in [0.2, 0.25) is 11.8 Å². The quantitative estimate of drug-likeness (QED) is 0.301. The molecule has 2 amide bonds. The Bertz CT molecular complexity index is 1450. The van der Waals surface area contributed by atoms with Crippen molar-refractivity contribution in [1.82, 2.24) is 10.2 Å². The summed E-state index contributed by atoms with van der Waals surface area (Å²) in [6, 6.07) is 16.0. The molecule has 0 aliphatic rings. The van der Waals surface area contributed by atoms with Gasteiger partial charge in [0.15, 0.2) is 0 Å². The Kier molecular flexibility index (Phi) is 10.7. The van der Waals surface area contributed by atoms with E-state index in [1.165, 1.54) is 55.3 Å². The van der Waals surface area contributed by atoms with E-state index in [1.807, 2.05) is 13.8 Å². The summed E-state index contributed by atoms with van der Waals surface area (Å²) in [5.41, 5.74) is 1.37. The minimum Gasteiger partial charge on any atom is -0.496 e. The minimum absolute atomic E-state index is 0.0667. The van der Waals surface area contributed by atoms with E-state index in [-0.39, 0.29) is 22.7 Å². The zero-order valence-electron chi connectivity index (χ0n) is 22.9. The topological polar surface area (TPSA) is 96.0 Å². The Morgan fingerprint density at radius 1 is 1.07 bits per heavy atom. The average molecular weight is 635 g/mol. The molecule has 8 nitrogen and oxygen atoms in total. The summed E-state index contributed by atoms with van der Waals surface area (Å²) in [5.74, 6) is -1.18. The largest absolute Gasteiger partial charge is 0.496 e. The summed E-state index contributed by atoms with van der Waals surface area (Å²) in [7, 11) is -2.79. The van der Waals surface area contributed by atoms with Crippen molar-refractivity contribution in [1.29, 1.82) is 0 Å². The first-order valence-electron chi connectivity index (χ1n) is 12.7. The molecule has 0 aliphatic heterocycles. The van der Waals surface area contributed by atoms with Gasteiger partial charge in [-0.1, -0.05) is 42.8 Å². The Morgan fingerprint density at radius 3 is 2.35 bits per heavy atom. The van der Waals surface area contributed by atoms with Crippen LogP contribution in [0.25, 0.3) is 0 Å².